The summed E-state index contributed by atoms with van der Waals surface area (Å²) in [6.07, 6.45) is 2.39. The van der Waals surface area contributed by atoms with Crippen molar-refractivity contribution in [1.82, 2.24) is 14.8 Å². The molecule has 0 radical (unpaired) electrons. The fourth-order valence-corrected chi connectivity index (χ4v) is 5.45. The van der Waals surface area contributed by atoms with Gasteiger partial charge in [-0.1, -0.05) is 35.5 Å². The molecule has 0 saturated carbocycles. The van der Waals surface area contributed by atoms with Crippen molar-refractivity contribution in [2.45, 2.75) is 31.0 Å². The van der Waals surface area contributed by atoms with E-state index in [9.17, 15) is 8.42 Å². The molecule has 140 valence electrons. The van der Waals surface area contributed by atoms with Crippen LogP contribution in [0.25, 0.3) is 0 Å². The molecule has 1 aliphatic rings. The number of hydrogen-bond donors (Lipinski definition) is 0. The normalized spacial score (nSPS) is 18.7. The van der Waals surface area contributed by atoms with Crippen LogP contribution in [-0.2, 0) is 16.4 Å². The predicted molar refractivity (Wildman–Crippen MR) is 104 cm³/mol. The minimum absolute atomic E-state index is 0.0781. The number of allylic oxidation sites excluding steroid dienone is 1. The molecule has 3 rings (SSSR count). The van der Waals surface area contributed by atoms with Crippen molar-refractivity contribution in [3.05, 3.63) is 48.3 Å². The van der Waals surface area contributed by atoms with Gasteiger partial charge in [-0.2, -0.15) is 0 Å². The van der Waals surface area contributed by atoms with Crippen molar-refractivity contribution < 1.29 is 13.2 Å². The third-order valence-corrected chi connectivity index (χ3v) is 6.96. The highest BCUT2D eigenvalue weighted by Crippen LogP contribution is 2.30. The summed E-state index contributed by atoms with van der Waals surface area (Å²) < 4.78 is 31.2. The zero-order chi connectivity index (χ0) is 18.6. The van der Waals surface area contributed by atoms with Crippen LogP contribution in [0.2, 0.25) is 0 Å². The SMILES string of the molecule is C=CCn1c(SCCOc2ccc(C)cc2)nnc1[C@@H]1CCS(=O)(=O)C1. The number of aryl methyl sites for hydroxylation is 1. The molecule has 0 amide bonds. The first kappa shape index (κ1) is 19.0. The summed E-state index contributed by atoms with van der Waals surface area (Å²) >= 11 is 1.56. The van der Waals surface area contributed by atoms with E-state index < -0.39 is 9.84 Å². The Hall–Kier alpha value is -1.80. The topological polar surface area (TPSA) is 74.1 Å². The third-order valence-electron chi connectivity index (χ3n) is 4.26. The van der Waals surface area contributed by atoms with Crippen molar-refractivity contribution in [2.24, 2.45) is 0 Å². The fraction of sp³-hybridized carbons (Fsp3) is 0.444. The van der Waals surface area contributed by atoms with Gasteiger partial charge >= 0.3 is 0 Å². The molecular formula is C18H23N3O3S2. The molecule has 2 aromatic rings. The first-order chi connectivity index (χ1) is 12.5. The van der Waals surface area contributed by atoms with Gasteiger partial charge in [-0.3, -0.25) is 0 Å². The smallest absolute Gasteiger partial charge is 0.191 e. The van der Waals surface area contributed by atoms with Crippen molar-refractivity contribution in [2.75, 3.05) is 23.9 Å². The van der Waals surface area contributed by atoms with Gasteiger partial charge in [0.15, 0.2) is 15.0 Å². The average Bonchev–Trinajstić information content (AvgIpc) is 3.17. The summed E-state index contributed by atoms with van der Waals surface area (Å²) in [6.45, 7) is 6.96. The highest BCUT2D eigenvalue weighted by atomic mass is 32.2. The molecule has 1 aromatic carbocycles. The number of rotatable bonds is 8. The zero-order valence-corrected chi connectivity index (χ0v) is 16.4. The Kier molecular flexibility index (Phi) is 6.03. The van der Waals surface area contributed by atoms with E-state index in [1.807, 2.05) is 35.8 Å². The van der Waals surface area contributed by atoms with Crippen molar-refractivity contribution in [3.63, 3.8) is 0 Å². The molecule has 0 bridgehead atoms. The number of hydrogen-bond acceptors (Lipinski definition) is 6. The molecular weight excluding hydrogens is 370 g/mol. The predicted octanol–water partition coefficient (Wildman–Crippen LogP) is 2.85. The lowest BCUT2D eigenvalue weighted by atomic mass is 10.1. The number of ether oxygens (including phenoxy) is 1. The summed E-state index contributed by atoms with van der Waals surface area (Å²) in [7, 11) is -2.95. The van der Waals surface area contributed by atoms with Crippen LogP contribution in [-0.4, -0.2) is 47.0 Å². The number of benzene rings is 1. The number of thioether (sulfide) groups is 1. The van der Waals surface area contributed by atoms with Gasteiger partial charge in [0.25, 0.3) is 0 Å². The largest absolute Gasteiger partial charge is 0.493 e. The van der Waals surface area contributed by atoms with E-state index >= 15 is 0 Å². The highest BCUT2D eigenvalue weighted by Gasteiger charge is 2.33. The van der Waals surface area contributed by atoms with Crippen molar-refractivity contribution >= 4 is 21.6 Å². The molecule has 26 heavy (non-hydrogen) atoms. The summed E-state index contributed by atoms with van der Waals surface area (Å²) in [4.78, 5) is 0. The molecule has 1 fully saturated rings. The van der Waals surface area contributed by atoms with E-state index in [1.54, 1.807) is 17.8 Å². The van der Waals surface area contributed by atoms with Crippen molar-refractivity contribution in [1.29, 1.82) is 0 Å². The molecule has 6 nitrogen and oxygen atoms in total. The van der Waals surface area contributed by atoms with Crippen LogP contribution in [0, 0.1) is 6.92 Å². The minimum atomic E-state index is -2.95. The molecule has 1 atom stereocenters. The number of nitrogens with zero attached hydrogens (tertiary/aromatic N) is 3. The van der Waals surface area contributed by atoms with Gasteiger partial charge in [0.05, 0.1) is 18.1 Å². The fourth-order valence-electron chi connectivity index (χ4n) is 2.94. The Balaban J connectivity index is 1.60. The maximum atomic E-state index is 11.8. The minimum Gasteiger partial charge on any atom is -0.493 e. The Bertz CT molecular complexity index is 860. The summed E-state index contributed by atoms with van der Waals surface area (Å²) in [6, 6.07) is 7.95. The van der Waals surface area contributed by atoms with E-state index in [4.69, 9.17) is 4.74 Å². The Labute approximate surface area is 158 Å². The number of aromatic nitrogens is 3. The molecule has 0 spiro atoms. The molecule has 1 aromatic heterocycles. The second-order valence-electron chi connectivity index (χ2n) is 6.35. The molecule has 8 heteroatoms. The Morgan fingerprint density at radius 2 is 2.12 bits per heavy atom. The van der Waals surface area contributed by atoms with Gasteiger partial charge in [-0.15, -0.1) is 16.8 Å². The first-order valence-electron chi connectivity index (χ1n) is 8.55. The Morgan fingerprint density at radius 1 is 1.35 bits per heavy atom. The third kappa shape index (κ3) is 4.67. The van der Waals surface area contributed by atoms with E-state index in [0.717, 1.165) is 22.5 Å². The molecule has 1 saturated heterocycles. The van der Waals surface area contributed by atoms with Gasteiger partial charge in [0.1, 0.15) is 11.6 Å². The van der Waals surface area contributed by atoms with Gasteiger partial charge < -0.3 is 9.30 Å². The summed E-state index contributed by atoms with van der Waals surface area (Å²) in [5, 5.41) is 9.30. The standard InChI is InChI=1S/C18H23N3O3S2/c1-3-9-21-17(15-8-12-26(22,23)13-15)19-20-18(21)25-11-10-24-16-6-4-14(2)5-7-16/h3-7,15H,1,8-13H2,2H3/t15-/m1/s1. The quantitative estimate of drug-likeness (QED) is 0.390. The molecule has 0 aliphatic carbocycles. The maximum Gasteiger partial charge on any atom is 0.191 e. The highest BCUT2D eigenvalue weighted by molar-refractivity contribution is 7.99. The van der Waals surface area contributed by atoms with Crippen LogP contribution in [0.5, 0.6) is 5.75 Å². The number of sulfone groups is 1. The van der Waals surface area contributed by atoms with Gasteiger partial charge in [0.2, 0.25) is 0 Å². The van der Waals surface area contributed by atoms with Crippen molar-refractivity contribution in [3.8, 4) is 5.75 Å². The van der Waals surface area contributed by atoms with E-state index in [-0.39, 0.29) is 17.4 Å². The van der Waals surface area contributed by atoms with Crippen LogP contribution in [0.3, 0.4) is 0 Å². The lowest BCUT2D eigenvalue weighted by molar-refractivity contribution is 0.343. The first-order valence-corrected chi connectivity index (χ1v) is 11.4. The molecule has 0 N–H and O–H groups in total. The second-order valence-corrected chi connectivity index (χ2v) is 9.64. The molecule has 0 unspecified atom stereocenters. The lowest BCUT2D eigenvalue weighted by Gasteiger charge is -2.11. The van der Waals surface area contributed by atoms with Crippen LogP contribution in [0.15, 0.2) is 42.1 Å². The lowest BCUT2D eigenvalue weighted by Crippen LogP contribution is -2.11. The second kappa shape index (κ2) is 8.26. The van der Waals surface area contributed by atoms with Crippen LogP contribution in [0.4, 0.5) is 0 Å². The molecule has 2 heterocycles. The summed E-state index contributed by atoms with van der Waals surface area (Å²) in [5.41, 5.74) is 1.20. The van der Waals surface area contributed by atoms with Crippen LogP contribution in [0.1, 0.15) is 23.7 Å². The summed E-state index contributed by atoms with van der Waals surface area (Å²) in [5.74, 6) is 2.63. The molecule has 1 aliphatic heterocycles. The maximum absolute atomic E-state index is 11.8. The van der Waals surface area contributed by atoms with E-state index in [0.29, 0.717) is 19.6 Å². The van der Waals surface area contributed by atoms with E-state index in [2.05, 4.69) is 16.8 Å². The van der Waals surface area contributed by atoms with Gasteiger partial charge in [0, 0.05) is 18.2 Å². The van der Waals surface area contributed by atoms with Gasteiger partial charge in [-0.05, 0) is 25.5 Å². The van der Waals surface area contributed by atoms with Crippen LogP contribution < -0.4 is 4.74 Å². The van der Waals surface area contributed by atoms with Crippen LogP contribution >= 0.6 is 11.8 Å². The monoisotopic (exact) mass is 393 g/mol. The van der Waals surface area contributed by atoms with Gasteiger partial charge in [-0.25, -0.2) is 8.42 Å². The zero-order valence-electron chi connectivity index (χ0n) is 14.8. The Morgan fingerprint density at radius 3 is 2.77 bits per heavy atom. The average molecular weight is 394 g/mol. The van der Waals surface area contributed by atoms with E-state index in [1.165, 1.54) is 5.56 Å².